The quantitative estimate of drug-likeness (QED) is 0.236. The predicted molar refractivity (Wildman–Crippen MR) is 121 cm³/mol. The molecule has 1 aliphatic carbocycles. The largest absolute Gasteiger partial charge is 0.382 e. The summed E-state index contributed by atoms with van der Waals surface area (Å²) in [5, 5.41) is 3.44. The van der Waals surface area contributed by atoms with Crippen LogP contribution in [0.2, 0.25) is 0 Å². The number of amides is 1. The van der Waals surface area contributed by atoms with Gasteiger partial charge in [0.2, 0.25) is 0 Å². The minimum Gasteiger partial charge on any atom is -0.382 e. The number of rotatable bonds is 8. The highest BCUT2D eigenvalue weighted by atomic mass is 127. The molecule has 7 nitrogen and oxygen atoms in total. The van der Waals surface area contributed by atoms with E-state index in [1.807, 2.05) is 11.8 Å². The maximum Gasteiger partial charge on any atom is 0.251 e. The number of hydrogen-bond donors (Lipinski definition) is 1. The summed E-state index contributed by atoms with van der Waals surface area (Å²) in [6.07, 6.45) is 5.27. The third-order valence-electron chi connectivity index (χ3n) is 5.93. The van der Waals surface area contributed by atoms with Gasteiger partial charge < -0.3 is 24.6 Å². The van der Waals surface area contributed by atoms with Gasteiger partial charge in [0.15, 0.2) is 5.96 Å². The zero-order chi connectivity index (χ0) is 19.1. The molecule has 0 bridgehead atoms. The second-order valence-corrected chi connectivity index (χ2v) is 7.93. The Morgan fingerprint density at radius 2 is 1.93 bits per heavy atom. The molecule has 8 heteroatoms. The van der Waals surface area contributed by atoms with Crippen LogP contribution in [0.25, 0.3) is 0 Å². The number of carbonyl (C=O) groups excluding carboxylic acids is 1. The van der Waals surface area contributed by atoms with Gasteiger partial charge in [-0.05, 0) is 51.4 Å². The second-order valence-electron chi connectivity index (χ2n) is 7.93. The Balaban J connectivity index is 0.00000280. The van der Waals surface area contributed by atoms with Gasteiger partial charge in [0.1, 0.15) is 6.10 Å². The molecule has 3 rings (SSSR count). The van der Waals surface area contributed by atoms with Crippen LogP contribution in [0.4, 0.5) is 0 Å². The van der Waals surface area contributed by atoms with Gasteiger partial charge in [-0.1, -0.05) is 0 Å². The van der Waals surface area contributed by atoms with Gasteiger partial charge in [0.25, 0.3) is 5.91 Å². The Morgan fingerprint density at radius 1 is 1.21 bits per heavy atom. The number of ether oxygens (including phenoxy) is 2. The van der Waals surface area contributed by atoms with Crippen molar-refractivity contribution in [1.29, 1.82) is 0 Å². The molecular weight excluding hydrogens is 471 g/mol. The summed E-state index contributed by atoms with van der Waals surface area (Å²) in [6, 6.07) is 0. The van der Waals surface area contributed by atoms with Gasteiger partial charge >= 0.3 is 0 Å². The minimum atomic E-state index is -0.210. The molecule has 1 amide bonds. The van der Waals surface area contributed by atoms with Crippen LogP contribution in [0.15, 0.2) is 4.99 Å². The molecule has 2 aliphatic heterocycles. The fourth-order valence-electron chi connectivity index (χ4n) is 3.88. The van der Waals surface area contributed by atoms with Crippen molar-refractivity contribution in [3.05, 3.63) is 0 Å². The first kappa shape index (κ1) is 23.7. The van der Waals surface area contributed by atoms with Gasteiger partial charge in [-0.3, -0.25) is 9.79 Å². The zero-order valence-electron chi connectivity index (χ0n) is 17.5. The second kappa shape index (κ2) is 11.5. The van der Waals surface area contributed by atoms with E-state index in [0.29, 0.717) is 5.41 Å². The van der Waals surface area contributed by atoms with Crippen LogP contribution in [0.5, 0.6) is 0 Å². The smallest absolute Gasteiger partial charge is 0.251 e. The normalized spacial score (nSPS) is 24.1. The first-order valence-electron chi connectivity index (χ1n) is 10.7. The van der Waals surface area contributed by atoms with Crippen LogP contribution >= 0.6 is 24.0 Å². The monoisotopic (exact) mass is 508 g/mol. The summed E-state index contributed by atoms with van der Waals surface area (Å²) in [5.74, 6) is 1.16. The van der Waals surface area contributed by atoms with Crippen LogP contribution in [-0.4, -0.2) is 86.9 Å². The van der Waals surface area contributed by atoms with Crippen LogP contribution in [0.1, 0.15) is 46.0 Å². The van der Waals surface area contributed by atoms with Crippen molar-refractivity contribution in [3.63, 3.8) is 0 Å². The van der Waals surface area contributed by atoms with E-state index in [-0.39, 0.29) is 36.0 Å². The molecule has 1 saturated carbocycles. The lowest BCUT2D eigenvalue weighted by Gasteiger charge is -2.37. The van der Waals surface area contributed by atoms with Gasteiger partial charge in [0.05, 0.1) is 0 Å². The first-order chi connectivity index (χ1) is 13.2. The van der Waals surface area contributed by atoms with Crippen molar-refractivity contribution in [3.8, 4) is 0 Å². The summed E-state index contributed by atoms with van der Waals surface area (Å²) in [4.78, 5) is 21.7. The molecule has 162 valence electrons. The SMILES string of the molecule is CCNC(=NCC1(CCOCC)CC1)N1CCN(C(=O)C2CCCO2)CC1.I. The number of carbonyl (C=O) groups is 1. The number of halogens is 1. The molecule has 28 heavy (non-hydrogen) atoms. The number of guanidine groups is 1. The number of piperazine rings is 1. The summed E-state index contributed by atoms with van der Waals surface area (Å²) in [6.45, 7) is 11.4. The lowest BCUT2D eigenvalue weighted by Crippen LogP contribution is -2.55. The highest BCUT2D eigenvalue weighted by Crippen LogP contribution is 2.49. The molecule has 0 aromatic carbocycles. The topological polar surface area (TPSA) is 66.4 Å². The molecule has 1 unspecified atom stereocenters. The Kier molecular flexibility index (Phi) is 9.76. The molecule has 0 radical (unpaired) electrons. The number of nitrogens with one attached hydrogen (secondary N) is 1. The summed E-state index contributed by atoms with van der Waals surface area (Å²) < 4.78 is 11.1. The zero-order valence-corrected chi connectivity index (χ0v) is 19.8. The average Bonchev–Trinajstić information content (AvgIpc) is 3.24. The standard InChI is InChI=1S/C20H36N4O3.HI/c1-3-21-19(22-16-20(7-8-20)9-15-26-4-2)24-12-10-23(11-13-24)18(25)17-6-5-14-27-17;/h17H,3-16H2,1-2H3,(H,21,22);1H. The fraction of sp³-hybridized carbons (Fsp3) is 0.900. The van der Waals surface area contributed by atoms with Crippen molar-refractivity contribution >= 4 is 35.8 Å². The maximum absolute atomic E-state index is 12.5. The summed E-state index contributed by atoms with van der Waals surface area (Å²) in [7, 11) is 0. The van der Waals surface area contributed by atoms with Crippen molar-refractivity contribution in [2.45, 2.75) is 52.1 Å². The Labute approximate surface area is 186 Å². The van der Waals surface area contributed by atoms with E-state index in [2.05, 4.69) is 17.1 Å². The predicted octanol–water partition coefficient (Wildman–Crippen LogP) is 2.10. The lowest BCUT2D eigenvalue weighted by molar-refractivity contribution is -0.142. The van der Waals surface area contributed by atoms with Gasteiger partial charge in [-0.2, -0.15) is 0 Å². The van der Waals surface area contributed by atoms with Crippen molar-refractivity contribution in [2.75, 3.05) is 59.1 Å². The molecule has 3 aliphatic rings. The van der Waals surface area contributed by atoms with E-state index in [1.54, 1.807) is 0 Å². The van der Waals surface area contributed by atoms with Crippen LogP contribution < -0.4 is 5.32 Å². The molecular formula is C20H37IN4O3. The van der Waals surface area contributed by atoms with E-state index in [0.717, 1.165) is 84.3 Å². The van der Waals surface area contributed by atoms with E-state index >= 15 is 0 Å². The molecule has 2 heterocycles. The van der Waals surface area contributed by atoms with Gasteiger partial charge in [0, 0.05) is 59.1 Å². The lowest BCUT2D eigenvalue weighted by atomic mass is 10.0. The highest BCUT2D eigenvalue weighted by molar-refractivity contribution is 14.0. The van der Waals surface area contributed by atoms with Gasteiger partial charge in [-0.25, -0.2) is 0 Å². The summed E-state index contributed by atoms with van der Waals surface area (Å²) >= 11 is 0. The highest BCUT2D eigenvalue weighted by Gasteiger charge is 2.42. The molecule has 0 aromatic heterocycles. The van der Waals surface area contributed by atoms with Crippen molar-refractivity contribution in [1.82, 2.24) is 15.1 Å². The molecule has 0 aromatic rings. The molecule has 3 fully saturated rings. The molecule has 0 spiro atoms. The van der Waals surface area contributed by atoms with E-state index in [1.165, 1.54) is 12.8 Å². The average molecular weight is 508 g/mol. The maximum atomic E-state index is 12.5. The summed E-state index contributed by atoms with van der Waals surface area (Å²) in [5.41, 5.74) is 0.355. The Bertz CT molecular complexity index is 514. The van der Waals surface area contributed by atoms with Crippen LogP contribution in [0, 0.1) is 5.41 Å². The van der Waals surface area contributed by atoms with Crippen LogP contribution in [-0.2, 0) is 14.3 Å². The number of hydrogen-bond acceptors (Lipinski definition) is 4. The molecule has 1 N–H and O–H groups in total. The van der Waals surface area contributed by atoms with Gasteiger partial charge in [-0.15, -0.1) is 24.0 Å². The van der Waals surface area contributed by atoms with Crippen molar-refractivity contribution < 1.29 is 14.3 Å². The molecule has 2 saturated heterocycles. The minimum absolute atomic E-state index is 0. The van der Waals surface area contributed by atoms with E-state index < -0.39 is 0 Å². The Hall–Kier alpha value is -0.610. The molecule has 1 atom stereocenters. The number of aliphatic imine (C=N–C) groups is 1. The van der Waals surface area contributed by atoms with E-state index in [9.17, 15) is 4.79 Å². The van der Waals surface area contributed by atoms with Crippen molar-refractivity contribution in [2.24, 2.45) is 10.4 Å². The third-order valence-corrected chi connectivity index (χ3v) is 5.93. The first-order valence-corrected chi connectivity index (χ1v) is 10.7. The van der Waals surface area contributed by atoms with E-state index in [4.69, 9.17) is 14.5 Å². The number of nitrogens with zero attached hydrogens (tertiary/aromatic N) is 3. The third kappa shape index (κ3) is 6.45. The fourth-order valence-corrected chi connectivity index (χ4v) is 3.88. The van der Waals surface area contributed by atoms with Crippen LogP contribution in [0.3, 0.4) is 0 Å². The Morgan fingerprint density at radius 3 is 2.50 bits per heavy atom.